The van der Waals surface area contributed by atoms with Gasteiger partial charge < -0.3 is 10.1 Å². The van der Waals surface area contributed by atoms with Gasteiger partial charge in [-0.2, -0.15) is 0 Å². The molecule has 4 heteroatoms. The van der Waals surface area contributed by atoms with Crippen LogP contribution in [0.25, 0.3) is 11.1 Å². The van der Waals surface area contributed by atoms with Crippen molar-refractivity contribution in [1.29, 1.82) is 0 Å². The average molecular weight is 401 g/mol. The quantitative estimate of drug-likeness (QED) is 0.649. The first kappa shape index (κ1) is 20.2. The first-order valence-corrected chi connectivity index (χ1v) is 10.5. The Balaban J connectivity index is 1.34. The molecule has 1 aliphatic rings. The second-order valence-electron chi connectivity index (χ2n) is 7.79. The number of methoxy groups -OCH3 is 1. The Morgan fingerprint density at radius 1 is 0.967 bits per heavy atom. The van der Waals surface area contributed by atoms with Gasteiger partial charge in [-0.3, -0.25) is 9.69 Å². The number of nitrogens with one attached hydrogen (secondary N) is 1. The molecule has 0 aliphatic carbocycles. The van der Waals surface area contributed by atoms with E-state index in [1.165, 1.54) is 11.1 Å². The van der Waals surface area contributed by atoms with E-state index in [4.69, 9.17) is 4.74 Å². The molecule has 3 aromatic rings. The van der Waals surface area contributed by atoms with E-state index in [9.17, 15) is 4.79 Å². The number of amides is 1. The van der Waals surface area contributed by atoms with Crippen molar-refractivity contribution in [2.24, 2.45) is 0 Å². The Morgan fingerprint density at radius 2 is 1.70 bits per heavy atom. The van der Waals surface area contributed by atoms with Gasteiger partial charge in [-0.05, 0) is 48.2 Å². The third-order valence-corrected chi connectivity index (χ3v) is 5.71. The average Bonchev–Trinajstić information content (AvgIpc) is 2.81. The smallest absolute Gasteiger partial charge is 0.251 e. The molecule has 0 saturated carbocycles. The molecule has 4 rings (SSSR count). The predicted octanol–water partition coefficient (Wildman–Crippen LogP) is 4.76. The van der Waals surface area contributed by atoms with Crippen LogP contribution in [0.2, 0.25) is 0 Å². The molecule has 30 heavy (non-hydrogen) atoms. The van der Waals surface area contributed by atoms with E-state index in [1.807, 2.05) is 48.5 Å². The highest BCUT2D eigenvalue weighted by Crippen LogP contribution is 2.30. The molecule has 1 saturated heterocycles. The van der Waals surface area contributed by atoms with Crippen molar-refractivity contribution in [3.05, 3.63) is 90.0 Å². The summed E-state index contributed by atoms with van der Waals surface area (Å²) in [5.74, 6) is 0.920. The first-order valence-electron chi connectivity index (χ1n) is 10.5. The summed E-state index contributed by atoms with van der Waals surface area (Å²) in [7, 11) is 1.71. The molecule has 0 radical (unpaired) electrons. The highest BCUT2D eigenvalue weighted by Gasteiger charge is 2.21. The van der Waals surface area contributed by atoms with Crippen molar-refractivity contribution in [2.75, 3.05) is 20.2 Å². The molecule has 1 aliphatic heterocycles. The highest BCUT2D eigenvalue weighted by atomic mass is 16.5. The van der Waals surface area contributed by atoms with E-state index >= 15 is 0 Å². The number of carbonyl (C=O) groups excluding carboxylic acids is 1. The molecule has 1 fully saturated rings. The Morgan fingerprint density at radius 3 is 2.47 bits per heavy atom. The lowest BCUT2D eigenvalue weighted by molar-refractivity contribution is 0.0909. The maximum absolute atomic E-state index is 12.4. The maximum Gasteiger partial charge on any atom is 0.251 e. The van der Waals surface area contributed by atoms with Gasteiger partial charge in [-0.25, -0.2) is 0 Å². The zero-order chi connectivity index (χ0) is 20.8. The minimum Gasteiger partial charge on any atom is -0.496 e. The van der Waals surface area contributed by atoms with Crippen molar-refractivity contribution < 1.29 is 9.53 Å². The van der Waals surface area contributed by atoms with Crippen LogP contribution in [0.3, 0.4) is 0 Å². The number of benzene rings is 3. The molecular formula is C26H28N2O2. The van der Waals surface area contributed by atoms with E-state index in [2.05, 4.69) is 40.5 Å². The summed E-state index contributed by atoms with van der Waals surface area (Å²) in [6.45, 7) is 2.89. The van der Waals surface area contributed by atoms with E-state index in [0.29, 0.717) is 0 Å². The van der Waals surface area contributed by atoms with E-state index in [-0.39, 0.29) is 11.9 Å². The van der Waals surface area contributed by atoms with Crippen LogP contribution in [0.15, 0.2) is 78.9 Å². The third kappa shape index (κ3) is 4.89. The topological polar surface area (TPSA) is 41.6 Å². The zero-order valence-corrected chi connectivity index (χ0v) is 17.4. The van der Waals surface area contributed by atoms with E-state index in [1.54, 1.807) is 7.11 Å². The summed E-state index contributed by atoms with van der Waals surface area (Å²) in [6.07, 6.45) is 1.95. The van der Waals surface area contributed by atoms with Crippen molar-refractivity contribution in [3.63, 3.8) is 0 Å². The predicted molar refractivity (Wildman–Crippen MR) is 121 cm³/mol. The van der Waals surface area contributed by atoms with Crippen molar-refractivity contribution >= 4 is 5.91 Å². The van der Waals surface area contributed by atoms with Gasteiger partial charge in [0.05, 0.1) is 7.11 Å². The largest absolute Gasteiger partial charge is 0.496 e. The van der Waals surface area contributed by atoms with Gasteiger partial charge in [-0.15, -0.1) is 0 Å². The van der Waals surface area contributed by atoms with Gasteiger partial charge in [0.25, 0.3) is 5.91 Å². The summed E-state index contributed by atoms with van der Waals surface area (Å²) in [4.78, 5) is 14.8. The summed E-state index contributed by atoms with van der Waals surface area (Å²) in [5, 5.41) is 3.18. The number of hydrogen-bond donors (Lipinski definition) is 1. The van der Waals surface area contributed by atoms with Crippen LogP contribution in [0.4, 0.5) is 0 Å². The fourth-order valence-electron chi connectivity index (χ4n) is 4.07. The molecule has 1 amide bonds. The van der Waals surface area contributed by atoms with Crippen LogP contribution >= 0.6 is 0 Å². The number of hydrogen-bond acceptors (Lipinski definition) is 3. The van der Waals surface area contributed by atoms with Crippen LogP contribution in [0, 0.1) is 0 Å². The number of nitrogens with zero attached hydrogens (tertiary/aromatic N) is 1. The Kier molecular flexibility index (Phi) is 6.45. The molecule has 154 valence electrons. The van der Waals surface area contributed by atoms with Crippen molar-refractivity contribution in [3.8, 4) is 16.9 Å². The monoisotopic (exact) mass is 400 g/mol. The molecule has 1 N–H and O–H groups in total. The van der Waals surface area contributed by atoms with Gasteiger partial charge in [-0.1, -0.05) is 54.6 Å². The van der Waals surface area contributed by atoms with Gasteiger partial charge in [0, 0.05) is 36.8 Å². The summed E-state index contributed by atoms with van der Waals surface area (Å²) >= 11 is 0. The number of ether oxygens (including phenoxy) is 1. The number of rotatable bonds is 6. The van der Waals surface area contributed by atoms with Crippen molar-refractivity contribution in [2.45, 2.75) is 25.4 Å². The second kappa shape index (κ2) is 9.59. The lowest BCUT2D eigenvalue weighted by atomic mass is 10.0. The summed E-state index contributed by atoms with van der Waals surface area (Å²) in [5.41, 5.74) is 4.32. The van der Waals surface area contributed by atoms with Crippen LogP contribution in [-0.2, 0) is 6.54 Å². The first-order chi connectivity index (χ1) is 14.7. The van der Waals surface area contributed by atoms with Gasteiger partial charge in [0.2, 0.25) is 0 Å². The Bertz CT molecular complexity index is 979. The minimum atomic E-state index is 0.0264. The molecule has 0 spiro atoms. The van der Waals surface area contributed by atoms with Gasteiger partial charge in [0.15, 0.2) is 0 Å². The van der Waals surface area contributed by atoms with Crippen LogP contribution in [-0.4, -0.2) is 37.0 Å². The summed E-state index contributed by atoms with van der Waals surface area (Å²) in [6, 6.07) is 26.5. The lowest BCUT2D eigenvalue weighted by Gasteiger charge is -2.32. The highest BCUT2D eigenvalue weighted by molar-refractivity contribution is 5.94. The lowest BCUT2D eigenvalue weighted by Crippen LogP contribution is -2.44. The van der Waals surface area contributed by atoms with Crippen LogP contribution < -0.4 is 10.1 Å². The Hall–Kier alpha value is -3.11. The summed E-state index contributed by atoms with van der Waals surface area (Å²) < 4.78 is 5.52. The van der Waals surface area contributed by atoms with Crippen molar-refractivity contribution in [1.82, 2.24) is 10.2 Å². The third-order valence-electron chi connectivity index (χ3n) is 5.71. The fraction of sp³-hybridized carbons (Fsp3) is 0.269. The molecule has 0 aromatic heterocycles. The molecule has 0 unspecified atom stereocenters. The minimum absolute atomic E-state index is 0.0264. The number of piperidine rings is 1. The fourth-order valence-corrected chi connectivity index (χ4v) is 4.07. The SMILES string of the molecule is COc1ccccc1-c1cccc(CN2CCC(NC(=O)c3ccccc3)CC2)c1. The number of likely N-dealkylation sites (tertiary alicyclic amines) is 1. The van der Waals surface area contributed by atoms with E-state index in [0.717, 1.165) is 49.4 Å². The molecule has 4 nitrogen and oxygen atoms in total. The van der Waals surface area contributed by atoms with Crippen LogP contribution in [0.5, 0.6) is 5.75 Å². The van der Waals surface area contributed by atoms with Crippen LogP contribution in [0.1, 0.15) is 28.8 Å². The zero-order valence-electron chi connectivity index (χ0n) is 17.4. The molecule has 0 atom stereocenters. The standard InChI is InChI=1S/C26H28N2O2/c1-30-25-13-6-5-12-24(25)22-11-7-8-20(18-22)19-28-16-14-23(15-17-28)27-26(29)21-9-3-2-4-10-21/h2-13,18,23H,14-17,19H2,1H3,(H,27,29). The van der Waals surface area contributed by atoms with E-state index < -0.39 is 0 Å². The Labute approximate surface area is 178 Å². The molecule has 1 heterocycles. The van der Waals surface area contributed by atoms with Gasteiger partial charge in [0.1, 0.15) is 5.75 Å². The second-order valence-corrected chi connectivity index (χ2v) is 7.79. The number of carbonyl (C=O) groups is 1. The molecular weight excluding hydrogens is 372 g/mol. The number of para-hydroxylation sites is 1. The molecule has 0 bridgehead atoms. The normalized spacial score (nSPS) is 15.0. The van der Waals surface area contributed by atoms with Gasteiger partial charge >= 0.3 is 0 Å². The maximum atomic E-state index is 12.4. The molecule has 3 aromatic carbocycles.